The van der Waals surface area contributed by atoms with Crippen molar-refractivity contribution in [3.8, 4) is 0 Å². The van der Waals surface area contributed by atoms with Crippen LogP contribution in [0.5, 0.6) is 0 Å². The minimum Gasteiger partial charge on any atom is -0.346 e. The van der Waals surface area contributed by atoms with Crippen molar-refractivity contribution in [2.24, 2.45) is 7.05 Å². The number of carbonyl (C=O) groups is 1. The highest BCUT2D eigenvalue weighted by Crippen LogP contribution is 2.12. The smallest absolute Gasteiger partial charge is 0.222 e. The van der Waals surface area contributed by atoms with Gasteiger partial charge in [0.25, 0.3) is 0 Å². The molecule has 2 heterocycles. The monoisotopic (exact) mass is 276 g/mol. The Morgan fingerprint density at radius 3 is 2.85 bits per heavy atom. The third kappa shape index (κ3) is 3.43. The van der Waals surface area contributed by atoms with Crippen LogP contribution in [0.3, 0.4) is 0 Å². The van der Waals surface area contributed by atoms with Gasteiger partial charge in [0.05, 0.1) is 11.7 Å². The molecule has 2 rings (SSSR count). The largest absolute Gasteiger partial charge is 0.346 e. The molecule has 0 aliphatic rings. The van der Waals surface area contributed by atoms with Crippen molar-refractivity contribution in [3.05, 3.63) is 30.1 Å². The van der Waals surface area contributed by atoms with Gasteiger partial charge in [-0.25, -0.2) is 4.98 Å². The summed E-state index contributed by atoms with van der Waals surface area (Å²) in [6.45, 7) is 4.52. The van der Waals surface area contributed by atoms with Gasteiger partial charge in [-0.15, -0.1) is 0 Å². The van der Waals surface area contributed by atoms with Gasteiger partial charge < -0.3 is 5.32 Å². The average molecular weight is 276 g/mol. The van der Waals surface area contributed by atoms with Crippen LogP contribution in [0, 0.1) is 6.92 Å². The first kappa shape index (κ1) is 14.2. The maximum atomic E-state index is 12.0. The van der Waals surface area contributed by atoms with Crippen molar-refractivity contribution >= 4 is 5.91 Å². The lowest BCUT2D eigenvalue weighted by Crippen LogP contribution is -2.30. The molecular weight excluding hydrogens is 256 g/mol. The molecule has 20 heavy (non-hydrogen) atoms. The van der Waals surface area contributed by atoms with Crippen molar-refractivity contribution in [1.82, 2.24) is 29.9 Å². The van der Waals surface area contributed by atoms with Crippen LogP contribution in [0.4, 0.5) is 0 Å². The maximum Gasteiger partial charge on any atom is 0.222 e. The van der Waals surface area contributed by atoms with Crippen LogP contribution in [-0.4, -0.2) is 30.5 Å². The number of hydrogen-bond acceptors (Lipinski definition) is 4. The van der Waals surface area contributed by atoms with Gasteiger partial charge in [0.15, 0.2) is 0 Å². The van der Waals surface area contributed by atoms with Crippen LogP contribution in [0.1, 0.15) is 37.3 Å². The Balaban J connectivity index is 1.88. The average Bonchev–Trinajstić information content (AvgIpc) is 3.02. The lowest BCUT2D eigenvalue weighted by atomic mass is 10.2. The number of amides is 1. The third-order valence-corrected chi connectivity index (χ3v) is 3.14. The molecule has 0 aliphatic carbocycles. The molecule has 0 unspecified atom stereocenters. The van der Waals surface area contributed by atoms with Gasteiger partial charge in [-0.2, -0.15) is 10.2 Å². The molecule has 7 nitrogen and oxygen atoms in total. The maximum absolute atomic E-state index is 12.0. The minimum atomic E-state index is -0.102. The van der Waals surface area contributed by atoms with Crippen LogP contribution in [-0.2, 0) is 18.4 Å². The van der Waals surface area contributed by atoms with E-state index in [9.17, 15) is 4.79 Å². The summed E-state index contributed by atoms with van der Waals surface area (Å²) < 4.78 is 3.46. The van der Waals surface area contributed by atoms with E-state index in [1.54, 1.807) is 9.36 Å². The van der Waals surface area contributed by atoms with Gasteiger partial charge in [-0.05, 0) is 19.4 Å². The van der Waals surface area contributed by atoms with Crippen molar-refractivity contribution in [1.29, 1.82) is 0 Å². The summed E-state index contributed by atoms with van der Waals surface area (Å²) in [5.41, 5.74) is 0.955. The molecule has 108 valence electrons. The topological polar surface area (TPSA) is 77.6 Å². The standard InChI is InChI=1S/C13H20N6O/c1-4-11(13-14-9-15-18(13)3)16-12(20)6-8-19-7-5-10(2)17-19/h5,7,9,11H,4,6,8H2,1-3H3,(H,16,20)/t11-/m0/s1. The van der Waals surface area contributed by atoms with E-state index in [-0.39, 0.29) is 11.9 Å². The number of nitrogens with zero attached hydrogens (tertiary/aromatic N) is 5. The van der Waals surface area contributed by atoms with Crippen LogP contribution >= 0.6 is 0 Å². The second kappa shape index (κ2) is 6.31. The molecule has 1 atom stereocenters. The fraction of sp³-hybridized carbons (Fsp3) is 0.538. The molecule has 0 aromatic carbocycles. The fourth-order valence-corrected chi connectivity index (χ4v) is 2.04. The summed E-state index contributed by atoms with van der Waals surface area (Å²) in [7, 11) is 1.82. The Labute approximate surface area is 118 Å². The van der Waals surface area contributed by atoms with E-state index >= 15 is 0 Å². The molecule has 2 aromatic heterocycles. The number of aromatic nitrogens is 5. The highest BCUT2D eigenvalue weighted by atomic mass is 16.1. The zero-order chi connectivity index (χ0) is 14.5. The van der Waals surface area contributed by atoms with Crippen LogP contribution in [0.2, 0.25) is 0 Å². The molecule has 1 N–H and O–H groups in total. The van der Waals surface area contributed by atoms with Crippen molar-refractivity contribution in [2.75, 3.05) is 0 Å². The molecule has 0 bridgehead atoms. The Morgan fingerprint density at radius 2 is 2.30 bits per heavy atom. The first-order valence-corrected chi connectivity index (χ1v) is 6.73. The van der Waals surface area contributed by atoms with Crippen LogP contribution in [0.15, 0.2) is 18.6 Å². The lowest BCUT2D eigenvalue weighted by molar-refractivity contribution is -0.122. The summed E-state index contributed by atoms with van der Waals surface area (Å²) in [5, 5.41) is 11.3. The first-order valence-electron chi connectivity index (χ1n) is 6.73. The third-order valence-electron chi connectivity index (χ3n) is 3.14. The Bertz CT molecular complexity index is 573. The molecule has 0 spiro atoms. The molecule has 0 saturated carbocycles. The highest BCUT2D eigenvalue weighted by molar-refractivity contribution is 5.76. The van der Waals surface area contributed by atoms with Gasteiger partial charge in [-0.3, -0.25) is 14.2 Å². The second-order valence-corrected chi connectivity index (χ2v) is 4.74. The first-order chi connectivity index (χ1) is 9.60. The van der Waals surface area contributed by atoms with Crippen LogP contribution in [0.25, 0.3) is 0 Å². The van der Waals surface area contributed by atoms with E-state index in [0.717, 1.165) is 17.9 Å². The number of hydrogen-bond donors (Lipinski definition) is 1. The second-order valence-electron chi connectivity index (χ2n) is 4.74. The summed E-state index contributed by atoms with van der Waals surface area (Å²) >= 11 is 0. The highest BCUT2D eigenvalue weighted by Gasteiger charge is 2.17. The lowest BCUT2D eigenvalue weighted by Gasteiger charge is -2.16. The number of aryl methyl sites for hydroxylation is 3. The Hall–Kier alpha value is -2.18. The van der Waals surface area contributed by atoms with Crippen molar-refractivity contribution in [3.63, 3.8) is 0 Å². The van der Waals surface area contributed by atoms with Gasteiger partial charge in [0.1, 0.15) is 12.2 Å². The molecule has 2 aromatic rings. The minimum absolute atomic E-state index is 0.00648. The molecule has 7 heteroatoms. The molecule has 0 radical (unpaired) electrons. The Morgan fingerprint density at radius 1 is 1.50 bits per heavy atom. The summed E-state index contributed by atoms with van der Waals surface area (Å²) in [4.78, 5) is 16.2. The zero-order valence-corrected chi connectivity index (χ0v) is 12.1. The van der Waals surface area contributed by atoms with Crippen molar-refractivity contribution < 1.29 is 4.79 Å². The SMILES string of the molecule is CC[C@H](NC(=O)CCn1ccc(C)n1)c1ncnn1C. The molecule has 1 amide bonds. The normalized spacial score (nSPS) is 12.3. The predicted molar refractivity (Wildman–Crippen MR) is 73.8 cm³/mol. The molecule has 0 saturated heterocycles. The van der Waals surface area contributed by atoms with Crippen LogP contribution < -0.4 is 5.32 Å². The molecule has 0 fully saturated rings. The van der Waals surface area contributed by atoms with Gasteiger partial charge >= 0.3 is 0 Å². The van der Waals surface area contributed by atoms with Gasteiger partial charge in [-0.1, -0.05) is 6.92 Å². The molecule has 0 aliphatic heterocycles. The molecular formula is C13H20N6O. The van der Waals surface area contributed by atoms with Gasteiger partial charge in [0.2, 0.25) is 5.91 Å². The van der Waals surface area contributed by atoms with E-state index in [1.165, 1.54) is 6.33 Å². The van der Waals surface area contributed by atoms with E-state index in [1.807, 2.05) is 33.2 Å². The number of rotatable bonds is 6. The number of carbonyl (C=O) groups excluding carboxylic acids is 1. The predicted octanol–water partition coefficient (Wildman–Crippen LogP) is 0.978. The summed E-state index contributed by atoms with van der Waals surface area (Å²) in [6.07, 6.45) is 4.55. The van der Waals surface area contributed by atoms with Gasteiger partial charge in [0, 0.05) is 26.2 Å². The van der Waals surface area contributed by atoms with E-state index in [4.69, 9.17) is 0 Å². The number of nitrogens with one attached hydrogen (secondary N) is 1. The summed E-state index contributed by atoms with van der Waals surface area (Å²) in [5.74, 6) is 0.767. The fourth-order valence-electron chi connectivity index (χ4n) is 2.04. The zero-order valence-electron chi connectivity index (χ0n) is 12.1. The summed E-state index contributed by atoms with van der Waals surface area (Å²) in [6, 6.07) is 1.82. The van der Waals surface area contributed by atoms with E-state index < -0.39 is 0 Å². The van der Waals surface area contributed by atoms with E-state index in [2.05, 4.69) is 20.5 Å². The Kier molecular flexibility index (Phi) is 4.49. The quantitative estimate of drug-likeness (QED) is 0.853. The van der Waals surface area contributed by atoms with E-state index in [0.29, 0.717) is 13.0 Å². The van der Waals surface area contributed by atoms with Crippen molar-refractivity contribution in [2.45, 2.75) is 39.3 Å².